The molecule has 1 unspecified atom stereocenters. The Bertz CT molecular complexity index is 344. The minimum Gasteiger partial charge on any atom is -0.497 e. The molecular weight excluding hydrogens is 220 g/mol. The number of hydrogen-bond donors (Lipinski definition) is 1. The van der Waals surface area contributed by atoms with Crippen molar-refractivity contribution in [3.8, 4) is 5.75 Å². The minimum atomic E-state index is 0.449. The SMILES string of the molecule is COc1ccc(N)c(N(C)C(C)CSC)c1. The van der Waals surface area contributed by atoms with E-state index in [1.165, 1.54) is 0 Å². The van der Waals surface area contributed by atoms with Gasteiger partial charge in [0.1, 0.15) is 5.75 Å². The zero-order chi connectivity index (χ0) is 12.1. The number of benzene rings is 1. The summed E-state index contributed by atoms with van der Waals surface area (Å²) in [6.45, 7) is 2.19. The van der Waals surface area contributed by atoms with Crippen LogP contribution >= 0.6 is 11.8 Å². The van der Waals surface area contributed by atoms with E-state index < -0.39 is 0 Å². The number of anilines is 2. The molecule has 0 fully saturated rings. The lowest BCUT2D eigenvalue weighted by molar-refractivity contribution is 0.415. The van der Waals surface area contributed by atoms with Gasteiger partial charge in [-0.15, -0.1) is 0 Å². The number of nitrogens with zero attached hydrogens (tertiary/aromatic N) is 1. The maximum absolute atomic E-state index is 5.97. The molecule has 0 heterocycles. The second-order valence-corrected chi connectivity index (χ2v) is 4.75. The van der Waals surface area contributed by atoms with E-state index in [1.54, 1.807) is 7.11 Å². The van der Waals surface area contributed by atoms with E-state index in [2.05, 4.69) is 25.1 Å². The van der Waals surface area contributed by atoms with Crippen molar-refractivity contribution >= 4 is 23.1 Å². The van der Waals surface area contributed by atoms with Crippen LogP contribution in [-0.2, 0) is 0 Å². The Balaban J connectivity index is 2.92. The molecule has 0 aliphatic rings. The fraction of sp³-hybridized carbons (Fsp3) is 0.500. The van der Waals surface area contributed by atoms with Crippen LogP contribution in [0, 0.1) is 0 Å². The van der Waals surface area contributed by atoms with E-state index in [1.807, 2.05) is 30.0 Å². The summed E-state index contributed by atoms with van der Waals surface area (Å²) < 4.78 is 5.21. The predicted octanol–water partition coefficient (Wildman–Crippen LogP) is 2.47. The number of nitrogens with two attached hydrogens (primary N) is 1. The number of hydrogen-bond acceptors (Lipinski definition) is 4. The molecule has 3 nitrogen and oxygen atoms in total. The van der Waals surface area contributed by atoms with Crippen LogP contribution in [0.15, 0.2) is 18.2 Å². The zero-order valence-corrected chi connectivity index (χ0v) is 11.2. The highest BCUT2D eigenvalue weighted by molar-refractivity contribution is 7.98. The number of thioether (sulfide) groups is 1. The summed E-state index contributed by atoms with van der Waals surface area (Å²) in [5.74, 6) is 1.92. The van der Waals surface area contributed by atoms with Crippen molar-refractivity contribution in [2.45, 2.75) is 13.0 Å². The molecule has 0 amide bonds. The van der Waals surface area contributed by atoms with Gasteiger partial charge in [0.25, 0.3) is 0 Å². The molecule has 0 aromatic heterocycles. The standard InChI is InChI=1S/C12H20N2OS/c1-9(8-16-4)14(2)12-7-10(15-3)5-6-11(12)13/h5-7,9H,8,13H2,1-4H3. The largest absolute Gasteiger partial charge is 0.497 e. The van der Waals surface area contributed by atoms with Crippen molar-refractivity contribution in [2.24, 2.45) is 0 Å². The smallest absolute Gasteiger partial charge is 0.121 e. The van der Waals surface area contributed by atoms with Crippen molar-refractivity contribution in [3.63, 3.8) is 0 Å². The van der Waals surface area contributed by atoms with Crippen molar-refractivity contribution < 1.29 is 4.74 Å². The van der Waals surface area contributed by atoms with Crippen LogP contribution in [0.3, 0.4) is 0 Å². The molecule has 90 valence electrons. The van der Waals surface area contributed by atoms with Gasteiger partial charge in [-0.1, -0.05) is 0 Å². The van der Waals surface area contributed by atoms with Gasteiger partial charge in [-0.25, -0.2) is 0 Å². The summed E-state index contributed by atoms with van der Waals surface area (Å²) in [5, 5.41) is 0. The monoisotopic (exact) mass is 240 g/mol. The summed E-state index contributed by atoms with van der Waals surface area (Å²) in [5.41, 5.74) is 7.79. The molecular formula is C12H20N2OS. The quantitative estimate of drug-likeness (QED) is 0.802. The molecule has 0 aliphatic carbocycles. The molecule has 1 atom stereocenters. The molecule has 0 radical (unpaired) electrons. The molecule has 0 aliphatic heterocycles. The van der Waals surface area contributed by atoms with Crippen molar-refractivity contribution in [1.29, 1.82) is 0 Å². The Morgan fingerprint density at radius 3 is 2.75 bits per heavy atom. The highest BCUT2D eigenvalue weighted by Crippen LogP contribution is 2.28. The van der Waals surface area contributed by atoms with E-state index in [4.69, 9.17) is 10.5 Å². The molecule has 1 rings (SSSR count). The van der Waals surface area contributed by atoms with E-state index in [0.29, 0.717) is 6.04 Å². The van der Waals surface area contributed by atoms with Crippen molar-refractivity contribution in [3.05, 3.63) is 18.2 Å². The minimum absolute atomic E-state index is 0.449. The number of methoxy groups -OCH3 is 1. The third-order valence-electron chi connectivity index (χ3n) is 2.69. The van der Waals surface area contributed by atoms with Crippen LogP contribution in [-0.4, -0.2) is 32.2 Å². The Morgan fingerprint density at radius 1 is 1.50 bits per heavy atom. The first-order chi connectivity index (χ1) is 7.60. The highest BCUT2D eigenvalue weighted by atomic mass is 32.2. The second-order valence-electron chi connectivity index (χ2n) is 3.84. The summed E-state index contributed by atoms with van der Waals surface area (Å²) in [4.78, 5) is 2.19. The Hall–Kier alpha value is -1.03. The van der Waals surface area contributed by atoms with Gasteiger partial charge in [-0.2, -0.15) is 11.8 Å². The second kappa shape index (κ2) is 5.89. The maximum atomic E-state index is 5.97. The third-order valence-corrected chi connectivity index (χ3v) is 3.50. The molecule has 16 heavy (non-hydrogen) atoms. The first-order valence-electron chi connectivity index (χ1n) is 5.25. The van der Waals surface area contributed by atoms with Gasteiger partial charge in [-0.05, 0) is 25.3 Å². The van der Waals surface area contributed by atoms with E-state index in [-0.39, 0.29) is 0 Å². The van der Waals surface area contributed by atoms with Crippen LogP contribution in [0.4, 0.5) is 11.4 Å². The number of rotatable bonds is 5. The van der Waals surface area contributed by atoms with Gasteiger partial charge in [0.15, 0.2) is 0 Å². The van der Waals surface area contributed by atoms with Gasteiger partial charge in [0.2, 0.25) is 0 Å². The predicted molar refractivity (Wildman–Crippen MR) is 73.7 cm³/mol. The molecule has 0 saturated heterocycles. The third kappa shape index (κ3) is 2.98. The highest BCUT2D eigenvalue weighted by Gasteiger charge is 2.12. The summed E-state index contributed by atoms with van der Waals surface area (Å²) in [6, 6.07) is 6.19. The van der Waals surface area contributed by atoms with Gasteiger partial charge in [0, 0.05) is 24.9 Å². The van der Waals surface area contributed by atoms with Crippen molar-refractivity contribution in [1.82, 2.24) is 0 Å². The van der Waals surface area contributed by atoms with Gasteiger partial charge in [-0.3, -0.25) is 0 Å². The van der Waals surface area contributed by atoms with Crippen molar-refractivity contribution in [2.75, 3.05) is 36.8 Å². The summed E-state index contributed by atoms with van der Waals surface area (Å²) in [6.07, 6.45) is 2.11. The van der Waals surface area contributed by atoms with Gasteiger partial charge < -0.3 is 15.4 Å². The van der Waals surface area contributed by atoms with Crippen LogP contribution in [0.5, 0.6) is 5.75 Å². The van der Waals surface area contributed by atoms with E-state index in [9.17, 15) is 0 Å². The van der Waals surface area contributed by atoms with E-state index >= 15 is 0 Å². The van der Waals surface area contributed by atoms with E-state index in [0.717, 1.165) is 22.9 Å². The van der Waals surface area contributed by atoms with Crippen LogP contribution in [0.25, 0.3) is 0 Å². The maximum Gasteiger partial charge on any atom is 0.121 e. The molecule has 1 aromatic carbocycles. The molecule has 0 spiro atoms. The summed E-state index contributed by atoms with van der Waals surface area (Å²) in [7, 11) is 3.73. The van der Waals surface area contributed by atoms with Crippen LogP contribution < -0.4 is 15.4 Å². The Kier molecular flexibility index (Phi) is 4.80. The number of ether oxygens (including phenoxy) is 1. The fourth-order valence-corrected chi connectivity index (χ4v) is 2.25. The lowest BCUT2D eigenvalue weighted by atomic mass is 10.2. The Labute approximate surface area is 102 Å². The number of nitrogen functional groups attached to an aromatic ring is 1. The van der Waals surface area contributed by atoms with Gasteiger partial charge in [0.05, 0.1) is 18.5 Å². The molecule has 4 heteroatoms. The first kappa shape index (κ1) is 13.0. The fourth-order valence-electron chi connectivity index (χ4n) is 1.55. The summed E-state index contributed by atoms with van der Waals surface area (Å²) >= 11 is 1.83. The average Bonchev–Trinajstić information content (AvgIpc) is 2.29. The normalized spacial score (nSPS) is 12.2. The molecule has 1 aromatic rings. The van der Waals surface area contributed by atoms with Gasteiger partial charge >= 0.3 is 0 Å². The lowest BCUT2D eigenvalue weighted by Gasteiger charge is -2.28. The topological polar surface area (TPSA) is 38.5 Å². The van der Waals surface area contributed by atoms with Crippen LogP contribution in [0.2, 0.25) is 0 Å². The average molecular weight is 240 g/mol. The zero-order valence-electron chi connectivity index (χ0n) is 10.4. The molecule has 2 N–H and O–H groups in total. The lowest BCUT2D eigenvalue weighted by Crippen LogP contribution is -2.31. The molecule has 0 bridgehead atoms. The Morgan fingerprint density at radius 2 is 2.19 bits per heavy atom. The molecule has 0 saturated carbocycles. The van der Waals surface area contributed by atoms with Crippen LogP contribution in [0.1, 0.15) is 6.92 Å². The first-order valence-corrected chi connectivity index (χ1v) is 6.64.